The molecular weight excluding hydrogens is 342 g/mol. The molecule has 0 aliphatic carbocycles. The van der Waals surface area contributed by atoms with E-state index in [1.807, 2.05) is 49.5 Å². The van der Waals surface area contributed by atoms with E-state index < -0.39 is 0 Å². The molecule has 2 aromatic heterocycles. The van der Waals surface area contributed by atoms with E-state index in [-0.39, 0.29) is 0 Å². The van der Waals surface area contributed by atoms with Gasteiger partial charge in [-0.3, -0.25) is 14.7 Å². The third-order valence-corrected chi connectivity index (χ3v) is 3.94. The molecule has 0 atom stereocenters. The molecule has 0 saturated heterocycles. The average molecular weight is 365 g/mol. The summed E-state index contributed by atoms with van der Waals surface area (Å²) in [6, 6.07) is 13.7. The lowest BCUT2D eigenvalue weighted by molar-refractivity contribution is 0.301. The number of ether oxygens (including phenoxy) is 1. The zero-order valence-corrected chi connectivity index (χ0v) is 15.5. The van der Waals surface area contributed by atoms with Crippen LogP contribution in [0, 0.1) is 0 Å². The molecule has 0 amide bonds. The maximum atomic E-state index is 5.75. The van der Waals surface area contributed by atoms with E-state index in [9.17, 15) is 0 Å². The number of guanidine groups is 1. The van der Waals surface area contributed by atoms with Gasteiger partial charge < -0.3 is 15.4 Å². The third kappa shape index (κ3) is 5.53. The quantitative estimate of drug-likeness (QED) is 0.489. The highest BCUT2D eigenvalue weighted by Crippen LogP contribution is 2.13. The van der Waals surface area contributed by atoms with Gasteiger partial charge in [-0.15, -0.1) is 0 Å². The van der Waals surface area contributed by atoms with Crippen molar-refractivity contribution in [3.63, 3.8) is 0 Å². The van der Waals surface area contributed by atoms with Crippen molar-refractivity contribution in [2.45, 2.75) is 19.7 Å². The van der Waals surface area contributed by atoms with E-state index in [0.29, 0.717) is 25.7 Å². The van der Waals surface area contributed by atoms with Crippen LogP contribution in [0.5, 0.6) is 5.75 Å². The predicted molar refractivity (Wildman–Crippen MR) is 103 cm³/mol. The van der Waals surface area contributed by atoms with Crippen molar-refractivity contribution in [2.24, 2.45) is 12.0 Å². The first kappa shape index (κ1) is 18.4. The summed E-state index contributed by atoms with van der Waals surface area (Å²) in [6.45, 7) is 1.66. The Balaban J connectivity index is 1.45. The van der Waals surface area contributed by atoms with Crippen LogP contribution in [-0.2, 0) is 26.7 Å². The minimum Gasteiger partial charge on any atom is -0.487 e. The molecule has 1 aromatic carbocycles. The molecule has 2 N–H and O–H groups in total. The summed E-state index contributed by atoms with van der Waals surface area (Å²) in [6.07, 6.45) is 3.30. The van der Waals surface area contributed by atoms with Gasteiger partial charge in [0.1, 0.15) is 24.5 Å². The summed E-state index contributed by atoms with van der Waals surface area (Å²) in [5.74, 6) is 2.36. The van der Waals surface area contributed by atoms with Gasteiger partial charge in [-0.1, -0.05) is 18.2 Å². The van der Waals surface area contributed by atoms with Crippen molar-refractivity contribution in [1.82, 2.24) is 30.4 Å². The summed E-state index contributed by atoms with van der Waals surface area (Å²) in [4.78, 5) is 12.6. The van der Waals surface area contributed by atoms with Crippen LogP contribution in [0.15, 0.2) is 60.0 Å². The van der Waals surface area contributed by atoms with Crippen LogP contribution in [0.25, 0.3) is 0 Å². The molecule has 0 bridgehead atoms. The molecule has 0 aliphatic rings. The van der Waals surface area contributed by atoms with Gasteiger partial charge in [0, 0.05) is 26.8 Å². The molecule has 0 aliphatic heterocycles. The lowest BCUT2D eigenvalue weighted by Crippen LogP contribution is -2.36. The molecule has 8 heteroatoms. The Kier molecular flexibility index (Phi) is 6.35. The third-order valence-electron chi connectivity index (χ3n) is 3.94. The molecule has 0 unspecified atom stereocenters. The number of benzene rings is 1. The number of nitrogens with one attached hydrogen (secondary N) is 2. The van der Waals surface area contributed by atoms with Gasteiger partial charge in [-0.25, -0.2) is 4.98 Å². The van der Waals surface area contributed by atoms with E-state index in [2.05, 4.69) is 30.7 Å². The molecule has 3 aromatic rings. The zero-order chi connectivity index (χ0) is 18.9. The van der Waals surface area contributed by atoms with Gasteiger partial charge in [0.15, 0.2) is 5.96 Å². The number of rotatable bonds is 7. The number of nitrogens with zero attached hydrogens (tertiary/aromatic N) is 5. The first-order valence-corrected chi connectivity index (χ1v) is 8.63. The number of aliphatic imine (C=N–C) groups is 1. The number of aryl methyl sites for hydroxylation is 1. The minimum absolute atomic E-state index is 0.455. The summed E-state index contributed by atoms with van der Waals surface area (Å²) in [5.41, 5.74) is 2.03. The van der Waals surface area contributed by atoms with Crippen LogP contribution in [0.2, 0.25) is 0 Å². The molecule has 27 heavy (non-hydrogen) atoms. The van der Waals surface area contributed by atoms with E-state index >= 15 is 0 Å². The van der Waals surface area contributed by atoms with Gasteiger partial charge >= 0.3 is 0 Å². The topological polar surface area (TPSA) is 89.2 Å². The molecule has 0 spiro atoms. The SMILES string of the molecule is CN=C(NCc1ccc(OCc2ccccn2)cc1)NCc1ncnn1C. The highest BCUT2D eigenvalue weighted by atomic mass is 16.5. The van der Waals surface area contributed by atoms with E-state index in [1.165, 1.54) is 6.33 Å². The Bertz CT molecular complexity index is 859. The molecule has 3 rings (SSSR count). The minimum atomic E-state index is 0.455. The normalized spacial score (nSPS) is 11.3. The number of aromatic nitrogens is 4. The molecular formula is C19H23N7O. The van der Waals surface area contributed by atoms with Crippen LogP contribution >= 0.6 is 0 Å². The first-order chi connectivity index (χ1) is 13.2. The average Bonchev–Trinajstić information content (AvgIpc) is 3.13. The second kappa shape index (κ2) is 9.33. The highest BCUT2D eigenvalue weighted by Gasteiger charge is 2.03. The predicted octanol–water partition coefficient (Wildman–Crippen LogP) is 1.65. The lowest BCUT2D eigenvalue weighted by Gasteiger charge is -2.12. The molecule has 2 heterocycles. The summed E-state index contributed by atoms with van der Waals surface area (Å²) in [5, 5.41) is 10.5. The van der Waals surface area contributed by atoms with Crippen molar-refractivity contribution in [1.29, 1.82) is 0 Å². The molecule has 0 fully saturated rings. The Morgan fingerprint density at radius 1 is 1.07 bits per heavy atom. The Morgan fingerprint density at radius 3 is 2.56 bits per heavy atom. The van der Waals surface area contributed by atoms with Crippen molar-refractivity contribution in [3.8, 4) is 5.75 Å². The van der Waals surface area contributed by atoms with Crippen LogP contribution in [-0.4, -0.2) is 32.8 Å². The van der Waals surface area contributed by atoms with Gasteiger partial charge in [0.2, 0.25) is 0 Å². The maximum Gasteiger partial charge on any atom is 0.191 e. The van der Waals surface area contributed by atoms with Crippen LogP contribution in [0.4, 0.5) is 0 Å². The fraction of sp³-hybridized carbons (Fsp3) is 0.263. The van der Waals surface area contributed by atoms with Crippen molar-refractivity contribution < 1.29 is 4.74 Å². The number of hydrogen-bond donors (Lipinski definition) is 2. The zero-order valence-electron chi connectivity index (χ0n) is 15.5. The molecule has 8 nitrogen and oxygen atoms in total. The van der Waals surface area contributed by atoms with E-state index in [0.717, 1.165) is 22.8 Å². The van der Waals surface area contributed by atoms with Crippen molar-refractivity contribution in [2.75, 3.05) is 7.05 Å². The summed E-state index contributed by atoms with van der Waals surface area (Å²) in [7, 11) is 3.60. The Hall–Kier alpha value is -3.42. The van der Waals surface area contributed by atoms with Gasteiger partial charge in [-0.2, -0.15) is 5.10 Å². The Labute approximate surface area is 158 Å². The van der Waals surface area contributed by atoms with Crippen LogP contribution in [0.1, 0.15) is 17.1 Å². The largest absolute Gasteiger partial charge is 0.487 e. The molecule has 140 valence electrons. The second-order valence-corrected chi connectivity index (χ2v) is 5.83. The van der Waals surface area contributed by atoms with E-state index in [1.54, 1.807) is 17.9 Å². The van der Waals surface area contributed by atoms with Crippen LogP contribution < -0.4 is 15.4 Å². The van der Waals surface area contributed by atoms with Crippen molar-refractivity contribution >= 4 is 5.96 Å². The standard InChI is InChI=1S/C19H23N7O/c1-20-19(23-12-18-24-14-25-26(18)2)22-11-15-6-8-17(9-7-15)27-13-16-5-3-4-10-21-16/h3-10,14H,11-13H2,1-2H3,(H2,20,22,23). The monoisotopic (exact) mass is 365 g/mol. The number of hydrogen-bond acceptors (Lipinski definition) is 5. The Morgan fingerprint density at radius 2 is 1.89 bits per heavy atom. The lowest BCUT2D eigenvalue weighted by atomic mass is 10.2. The van der Waals surface area contributed by atoms with Gasteiger partial charge in [0.05, 0.1) is 12.2 Å². The fourth-order valence-electron chi connectivity index (χ4n) is 2.39. The second-order valence-electron chi connectivity index (χ2n) is 5.83. The fourth-order valence-corrected chi connectivity index (χ4v) is 2.39. The highest BCUT2D eigenvalue weighted by molar-refractivity contribution is 5.79. The van der Waals surface area contributed by atoms with Crippen LogP contribution in [0.3, 0.4) is 0 Å². The summed E-state index contributed by atoms with van der Waals surface area (Å²) >= 11 is 0. The van der Waals surface area contributed by atoms with Gasteiger partial charge in [-0.05, 0) is 29.8 Å². The van der Waals surface area contributed by atoms with E-state index in [4.69, 9.17) is 4.74 Å². The first-order valence-electron chi connectivity index (χ1n) is 8.63. The smallest absolute Gasteiger partial charge is 0.191 e. The molecule has 0 radical (unpaired) electrons. The van der Waals surface area contributed by atoms with Crippen molar-refractivity contribution in [3.05, 3.63) is 72.1 Å². The summed E-state index contributed by atoms with van der Waals surface area (Å²) < 4.78 is 7.48. The maximum absolute atomic E-state index is 5.75. The number of pyridine rings is 1. The van der Waals surface area contributed by atoms with Gasteiger partial charge in [0.25, 0.3) is 0 Å². The molecule has 0 saturated carbocycles.